The van der Waals surface area contributed by atoms with Gasteiger partial charge < -0.3 is 21.3 Å². The molecule has 0 amide bonds. The molecule has 508 valence electrons. The Balaban J connectivity index is 0.000000202. The molecule has 18 aromatic carbocycles. The molecule has 0 aliphatic rings. The van der Waals surface area contributed by atoms with Gasteiger partial charge in [-0.25, -0.2) is 0 Å². The summed E-state index contributed by atoms with van der Waals surface area (Å²) in [6, 6.07) is 149. The van der Waals surface area contributed by atoms with Crippen molar-refractivity contribution in [2.75, 3.05) is 21.3 Å². The van der Waals surface area contributed by atoms with Crippen LogP contribution < -0.4 is 21.3 Å². The molecule has 106 heavy (non-hydrogen) atoms. The van der Waals surface area contributed by atoms with Gasteiger partial charge in [-0.3, -0.25) is 0 Å². The lowest BCUT2D eigenvalue weighted by atomic mass is 9.89. The highest BCUT2D eigenvalue weighted by atomic mass is 79.9. The zero-order valence-electron chi connectivity index (χ0n) is 57.8. The van der Waals surface area contributed by atoms with Gasteiger partial charge in [-0.2, -0.15) is 0 Å². The highest BCUT2D eigenvalue weighted by Crippen LogP contribution is 2.53. The van der Waals surface area contributed by atoms with Crippen molar-refractivity contribution < 1.29 is 0 Å². The summed E-state index contributed by atoms with van der Waals surface area (Å²) in [4.78, 5) is 4.90. The summed E-state index contributed by atoms with van der Waals surface area (Å²) >= 11 is 3.42. The normalized spacial score (nSPS) is 10.9. The predicted molar refractivity (Wildman–Crippen MR) is 460 cm³/mol. The van der Waals surface area contributed by atoms with Gasteiger partial charge in [0.2, 0.25) is 0 Å². The van der Waals surface area contributed by atoms with Crippen molar-refractivity contribution in [3.8, 4) is 77.9 Å². The molecule has 0 radical (unpaired) electrons. The molecule has 0 saturated carbocycles. The van der Waals surface area contributed by atoms with Crippen LogP contribution in [0.2, 0.25) is 0 Å². The Kier molecular flexibility index (Phi) is 20.3. The van der Waals surface area contributed by atoms with E-state index >= 15 is 0 Å². The van der Waals surface area contributed by atoms with Gasteiger partial charge >= 0.3 is 0 Å². The minimum Gasteiger partial charge on any atom is -0.398 e. The van der Waals surface area contributed by atoms with Gasteiger partial charge in [-0.05, 0) is 184 Å². The van der Waals surface area contributed by atoms with Crippen molar-refractivity contribution in [3.63, 3.8) is 0 Å². The number of hydrogen-bond donors (Lipinski definition) is 2. The molecule has 0 heterocycles. The van der Waals surface area contributed by atoms with E-state index in [0.29, 0.717) is 0 Å². The van der Waals surface area contributed by atoms with Gasteiger partial charge in [-0.1, -0.05) is 357 Å². The molecule has 18 rings (SSSR count). The molecule has 4 nitrogen and oxygen atoms in total. The second-order valence-electron chi connectivity index (χ2n) is 26.1. The van der Waals surface area contributed by atoms with Gasteiger partial charge in [0.25, 0.3) is 0 Å². The Morgan fingerprint density at radius 2 is 0.377 bits per heavy atom. The van der Waals surface area contributed by atoms with Crippen molar-refractivity contribution in [2.24, 2.45) is 0 Å². The third kappa shape index (κ3) is 14.4. The quantitative estimate of drug-likeness (QED) is 0.113. The molecule has 0 aliphatic carbocycles. The van der Waals surface area contributed by atoms with Crippen LogP contribution in [0.4, 0.5) is 45.5 Å². The molecule has 4 N–H and O–H groups in total. The summed E-state index contributed by atoms with van der Waals surface area (Å²) in [7, 11) is 0. The summed E-state index contributed by atoms with van der Waals surface area (Å²) < 4.78 is 1.12. The number of halogens is 1. The van der Waals surface area contributed by atoms with Gasteiger partial charge in [-0.15, -0.1) is 0 Å². The summed E-state index contributed by atoms with van der Waals surface area (Å²) in [6.45, 7) is 0. The standard InChI is InChI=1S/C68H48N2.C20H16N2.C12H9Br.CH4/c1-5-17-49(18-6-1)53-29-39-59(40-30-53)69(60-41-31-54(32-42-60)50-19-7-2-8-20-50)65-47-37-57-25-13-15-27-63(57)67(65)68-64-28-16-14-26-58(64)38-48-66(68)70(61-43-33-55(34-44-61)51-21-9-3-10-22-51)62-45-35-56(36-46-62)52-23-11-4-12-24-52;21-17-11-9-13-5-1-3-7-15(13)19(17)20-16-8-4-2-6-14(16)10-12-18(20)22;13-12-8-6-11(7-9-12)10-4-2-1-3-5-10;/h1-48H;1-12H,21-22H2;1-9H;1H4. The number of anilines is 8. The van der Waals surface area contributed by atoms with E-state index < -0.39 is 0 Å². The average Bonchev–Trinajstić information content (AvgIpc) is 0.732. The van der Waals surface area contributed by atoms with E-state index in [9.17, 15) is 0 Å². The molecule has 0 aromatic heterocycles. The first-order valence-electron chi connectivity index (χ1n) is 35.5. The number of rotatable bonds is 13. The second-order valence-corrected chi connectivity index (χ2v) is 27.0. The first-order chi connectivity index (χ1) is 51.8. The van der Waals surface area contributed by atoms with E-state index in [4.69, 9.17) is 11.5 Å². The number of nitrogens with zero attached hydrogens (tertiary/aromatic N) is 2. The third-order valence-corrected chi connectivity index (χ3v) is 20.1. The fraction of sp³-hybridized carbons (Fsp3) is 0.00990. The minimum absolute atomic E-state index is 0. The molecule has 0 atom stereocenters. The average molecular weight is 1430 g/mol. The van der Waals surface area contributed by atoms with E-state index in [1.165, 1.54) is 88.0 Å². The first kappa shape index (κ1) is 68.4. The van der Waals surface area contributed by atoms with Gasteiger partial charge in [0.15, 0.2) is 0 Å². The SMILES string of the molecule is Brc1ccc(-c2ccccc2)cc1.C.Nc1ccc2ccccc2c1-c1c(N)ccc2ccccc12.c1ccc(-c2ccc(N(c3ccc(-c4ccccc4)cc3)c3ccc4ccccc4c3-c3c(N(c4ccc(-c5ccccc5)cc4)c4ccc(-c5ccccc5)cc4)ccc4ccccc34)cc2)cc1. The Morgan fingerprint density at radius 3 is 0.632 bits per heavy atom. The van der Waals surface area contributed by atoms with Crippen molar-refractivity contribution in [3.05, 3.63) is 423 Å². The topological polar surface area (TPSA) is 58.5 Å². The fourth-order valence-corrected chi connectivity index (χ4v) is 14.7. The number of fused-ring (bicyclic) bond motifs is 4. The molecule has 0 aliphatic heterocycles. The predicted octanol–water partition coefficient (Wildman–Crippen LogP) is 28.8. The molecule has 5 heteroatoms. The highest BCUT2D eigenvalue weighted by molar-refractivity contribution is 9.10. The molecule has 0 fully saturated rings. The minimum atomic E-state index is 0. The molecule has 0 unspecified atom stereocenters. The smallest absolute Gasteiger partial charge is 0.0547 e. The molecule has 18 aromatic rings. The maximum atomic E-state index is 6.32. The Bertz CT molecular complexity index is 5500. The zero-order chi connectivity index (χ0) is 70.8. The summed E-state index contributed by atoms with van der Waals surface area (Å²) in [5.74, 6) is 0. The summed E-state index contributed by atoms with van der Waals surface area (Å²) in [6.07, 6.45) is 0. The van der Waals surface area contributed by atoms with Crippen LogP contribution in [0.25, 0.3) is 121 Å². The zero-order valence-corrected chi connectivity index (χ0v) is 59.4. The van der Waals surface area contributed by atoms with Crippen molar-refractivity contribution >= 4 is 105 Å². The Labute approximate surface area is 629 Å². The van der Waals surface area contributed by atoms with Crippen molar-refractivity contribution in [1.29, 1.82) is 0 Å². The Morgan fingerprint density at radius 1 is 0.179 bits per heavy atom. The van der Waals surface area contributed by atoms with Crippen LogP contribution in [0.3, 0.4) is 0 Å². The maximum absolute atomic E-state index is 6.32. The molecule has 0 saturated heterocycles. The van der Waals surface area contributed by atoms with E-state index in [0.717, 1.165) is 83.0 Å². The number of benzene rings is 18. The van der Waals surface area contributed by atoms with E-state index in [1.807, 2.05) is 42.5 Å². The van der Waals surface area contributed by atoms with Crippen molar-refractivity contribution in [2.45, 2.75) is 7.43 Å². The van der Waals surface area contributed by atoms with Crippen LogP contribution in [-0.2, 0) is 0 Å². The largest absolute Gasteiger partial charge is 0.398 e. The molecule has 0 bridgehead atoms. The van der Waals surface area contributed by atoms with Crippen LogP contribution in [0.1, 0.15) is 7.43 Å². The number of nitrogen functional groups attached to an aromatic ring is 2. The van der Waals surface area contributed by atoms with Crippen LogP contribution >= 0.6 is 15.9 Å². The number of nitrogens with two attached hydrogens (primary N) is 2. The van der Waals surface area contributed by atoms with E-state index in [-0.39, 0.29) is 7.43 Å². The highest BCUT2D eigenvalue weighted by Gasteiger charge is 2.27. The van der Waals surface area contributed by atoms with Gasteiger partial charge in [0.1, 0.15) is 0 Å². The van der Waals surface area contributed by atoms with Crippen LogP contribution in [0.15, 0.2) is 423 Å². The fourth-order valence-electron chi connectivity index (χ4n) is 14.4. The molecular formula is C101H77BrN4. The lowest BCUT2D eigenvalue weighted by Gasteiger charge is -2.33. The molecular weight excluding hydrogens is 1350 g/mol. The monoisotopic (exact) mass is 1420 g/mol. The first-order valence-corrected chi connectivity index (χ1v) is 36.3. The lowest BCUT2D eigenvalue weighted by Crippen LogP contribution is -2.14. The van der Waals surface area contributed by atoms with Crippen molar-refractivity contribution in [1.82, 2.24) is 0 Å². The second kappa shape index (κ2) is 31.5. The van der Waals surface area contributed by atoms with E-state index in [2.05, 4.69) is 402 Å². The summed E-state index contributed by atoms with van der Waals surface area (Å²) in [5, 5.41) is 9.27. The van der Waals surface area contributed by atoms with Crippen LogP contribution in [0, 0.1) is 0 Å². The molecule has 0 spiro atoms. The summed E-state index contributed by atoms with van der Waals surface area (Å²) in [5.41, 5.74) is 36.9. The van der Waals surface area contributed by atoms with Gasteiger partial charge in [0, 0.05) is 60.9 Å². The number of hydrogen-bond acceptors (Lipinski definition) is 4. The third-order valence-electron chi connectivity index (χ3n) is 19.6. The van der Waals surface area contributed by atoms with E-state index in [1.54, 1.807) is 0 Å². The maximum Gasteiger partial charge on any atom is 0.0547 e. The Hall–Kier alpha value is -13.3. The van der Waals surface area contributed by atoms with Crippen LogP contribution in [0.5, 0.6) is 0 Å². The van der Waals surface area contributed by atoms with Crippen LogP contribution in [-0.4, -0.2) is 0 Å². The lowest BCUT2D eigenvalue weighted by molar-refractivity contribution is 1.27. The van der Waals surface area contributed by atoms with Gasteiger partial charge in [0.05, 0.1) is 11.4 Å².